The van der Waals surface area contributed by atoms with E-state index >= 15 is 0 Å². The van der Waals surface area contributed by atoms with E-state index in [4.69, 9.17) is 0 Å². The van der Waals surface area contributed by atoms with Crippen molar-refractivity contribution in [2.45, 2.75) is 43.4 Å². The standard InChI is InChI=1S/C18H24N4OS2/c1-13-7-9-15(10-8-13)20-17-21-22-18(25-17)24-12-16(23)19-11-14-5-3-2-4-6-14/h7-10,14H,2-6,11-12H2,1H3,(H,19,23)(H,20,21). The molecule has 1 aromatic carbocycles. The van der Waals surface area contributed by atoms with Crippen LogP contribution in [0.25, 0.3) is 0 Å². The van der Waals surface area contributed by atoms with E-state index in [1.54, 1.807) is 0 Å². The molecule has 0 aliphatic heterocycles. The van der Waals surface area contributed by atoms with E-state index in [2.05, 4.69) is 39.9 Å². The molecule has 1 saturated carbocycles. The van der Waals surface area contributed by atoms with Crippen molar-refractivity contribution in [1.29, 1.82) is 0 Å². The normalized spacial score (nSPS) is 15.1. The smallest absolute Gasteiger partial charge is 0.230 e. The number of aryl methyl sites for hydroxylation is 1. The summed E-state index contributed by atoms with van der Waals surface area (Å²) in [6.45, 7) is 2.87. The van der Waals surface area contributed by atoms with Gasteiger partial charge in [-0.15, -0.1) is 10.2 Å². The average Bonchev–Trinajstić information content (AvgIpc) is 3.08. The maximum Gasteiger partial charge on any atom is 0.230 e. The third-order valence-electron chi connectivity index (χ3n) is 4.35. The molecule has 0 unspecified atom stereocenters. The Balaban J connectivity index is 1.40. The van der Waals surface area contributed by atoms with Gasteiger partial charge >= 0.3 is 0 Å². The second kappa shape index (κ2) is 9.20. The maximum absolute atomic E-state index is 12.0. The first-order valence-electron chi connectivity index (χ1n) is 8.76. The van der Waals surface area contributed by atoms with Crippen LogP contribution in [0.5, 0.6) is 0 Å². The highest BCUT2D eigenvalue weighted by atomic mass is 32.2. The average molecular weight is 377 g/mol. The lowest BCUT2D eigenvalue weighted by Crippen LogP contribution is -2.31. The number of carbonyl (C=O) groups excluding carboxylic acids is 1. The predicted molar refractivity (Wildman–Crippen MR) is 105 cm³/mol. The zero-order valence-corrected chi connectivity index (χ0v) is 16.1. The van der Waals surface area contributed by atoms with Crippen molar-refractivity contribution in [1.82, 2.24) is 15.5 Å². The Bertz CT molecular complexity index is 681. The number of carbonyl (C=O) groups is 1. The van der Waals surface area contributed by atoms with E-state index in [1.165, 1.54) is 60.8 Å². The summed E-state index contributed by atoms with van der Waals surface area (Å²) in [7, 11) is 0. The number of aromatic nitrogens is 2. The number of hydrogen-bond donors (Lipinski definition) is 2. The fraction of sp³-hybridized carbons (Fsp3) is 0.500. The molecule has 2 aromatic rings. The van der Waals surface area contributed by atoms with Gasteiger partial charge in [-0.1, -0.05) is 60.1 Å². The molecule has 0 radical (unpaired) electrons. The van der Waals surface area contributed by atoms with Crippen LogP contribution >= 0.6 is 23.1 Å². The molecule has 1 amide bonds. The summed E-state index contributed by atoms with van der Waals surface area (Å²) in [6, 6.07) is 8.13. The summed E-state index contributed by atoms with van der Waals surface area (Å²) in [4.78, 5) is 12.0. The van der Waals surface area contributed by atoms with Crippen molar-refractivity contribution in [3.05, 3.63) is 29.8 Å². The van der Waals surface area contributed by atoms with Crippen LogP contribution in [0, 0.1) is 12.8 Å². The minimum Gasteiger partial charge on any atom is -0.355 e. The van der Waals surface area contributed by atoms with Gasteiger partial charge in [0.2, 0.25) is 11.0 Å². The molecule has 1 fully saturated rings. The Morgan fingerprint density at radius 1 is 1.20 bits per heavy atom. The lowest BCUT2D eigenvalue weighted by atomic mass is 9.89. The summed E-state index contributed by atoms with van der Waals surface area (Å²) in [5.74, 6) is 1.14. The van der Waals surface area contributed by atoms with Crippen LogP contribution in [-0.4, -0.2) is 28.4 Å². The molecule has 7 heteroatoms. The van der Waals surface area contributed by atoms with E-state index in [0.29, 0.717) is 11.7 Å². The monoisotopic (exact) mass is 376 g/mol. The minimum absolute atomic E-state index is 0.0822. The lowest BCUT2D eigenvalue weighted by Gasteiger charge is -2.21. The zero-order valence-electron chi connectivity index (χ0n) is 14.5. The molecular weight excluding hydrogens is 352 g/mol. The molecule has 25 heavy (non-hydrogen) atoms. The van der Waals surface area contributed by atoms with Gasteiger partial charge < -0.3 is 10.6 Å². The summed E-state index contributed by atoms with van der Waals surface area (Å²) < 4.78 is 0.808. The Hall–Kier alpha value is -1.60. The molecule has 1 aliphatic rings. The van der Waals surface area contributed by atoms with Crippen LogP contribution in [0.1, 0.15) is 37.7 Å². The molecule has 1 aromatic heterocycles. The van der Waals surface area contributed by atoms with Crippen molar-refractivity contribution in [3.63, 3.8) is 0 Å². The van der Waals surface area contributed by atoms with Gasteiger partial charge in [0.1, 0.15) is 0 Å². The van der Waals surface area contributed by atoms with Gasteiger partial charge in [0.05, 0.1) is 5.75 Å². The number of nitrogens with zero attached hydrogens (tertiary/aromatic N) is 2. The van der Waals surface area contributed by atoms with Crippen molar-refractivity contribution >= 4 is 39.8 Å². The topological polar surface area (TPSA) is 66.9 Å². The maximum atomic E-state index is 12.0. The third-order valence-corrected chi connectivity index (χ3v) is 6.32. The molecule has 1 aliphatic carbocycles. The molecule has 134 valence electrons. The lowest BCUT2D eigenvalue weighted by molar-refractivity contribution is -0.118. The third kappa shape index (κ3) is 6.01. The highest BCUT2D eigenvalue weighted by molar-refractivity contribution is 8.01. The number of benzene rings is 1. The second-order valence-electron chi connectivity index (χ2n) is 6.46. The highest BCUT2D eigenvalue weighted by Crippen LogP contribution is 2.28. The summed E-state index contributed by atoms with van der Waals surface area (Å²) in [6.07, 6.45) is 6.44. The highest BCUT2D eigenvalue weighted by Gasteiger charge is 2.14. The van der Waals surface area contributed by atoms with E-state index in [-0.39, 0.29) is 5.91 Å². The molecule has 0 bridgehead atoms. The number of nitrogens with one attached hydrogen (secondary N) is 2. The Morgan fingerprint density at radius 2 is 1.96 bits per heavy atom. The SMILES string of the molecule is Cc1ccc(Nc2nnc(SCC(=O)NCC3CCCCC3)s2)cc1. The summed E-state index contributed by atoms with van der Waals surface area (Å²) >= 11 is 2.91. The zero-order chi connectivity index (χ0) is 17.5. The van der Waals surface area contributed by atoms with Crippen LogP contribution in [0.3, 0.4) is 0 Å². The van der Waals surface area contributed by atoms with Gasteiger partial charge in [0, 0.05) is 12.2 Å². The van der Waals surface area contributed by atoms with E-state index in [0.717, 1.165) is 21.7 Å². The van der Waals surface area contributed by atoms with Crippen molar-refractivity contribution in [2.75, 3.05) is 17.6 Å². The van der Waals surface area contributed by atoms with Gasteiger partial charge in [-0.25, -0.2) is 0 Å². The predicted octanol–water partition coefficient (Wildman–Crippen LogP) is 4.38. The number of thioether (sulfide) groups is 1. The van der Waals surface area contributed by atoms with Crippen LogP contribution in [0.4, 0.5) is 10.8 Å². The fourth-order valence-corrected chi connectivity index (χ4v) is 4.51. The first-order valence-corrected chi connectivity index (χ1v) is 10.6. The number of amides is 1. The Morgan fingerprint density at radius 3 is 2.72 bits per heavy atom. The van der Waals surface area contributed by atoms with Gasteiger partial charge in [-0.2, -0.15) is 0 Å². The fourth-order valence-electron chi connectivity index (χ4n) is 2.91. The van der Waals surface area contributed by atoms with Crippen LogP contribution in [0.2, 0.25) is 0 Å². The van der Waals surface area contributed by atoms with Crippen molar-refractivity contribution in [3.8, 4) is 0 Å². The van der Waals surface area contributed by atoms with Crippen molar-refractivity contribution < 1.29 is 4.79 Å². The number of hydrogen-bond acceptors (Lipinski definition) is 6. The van der Waals surface area contributed by atoms with Crippen LogP contribution in [0.15, 0.2) is 28.6 Å². The molecule has 0 spiro atoms. The first-order chi connectivity index (χ1) is 12.2. The van der Waals surface area contributed by atoms with Gasteiger partial charge in [-0.3, -0.25) is 4.79 Å². The second-order valence-corrected chi connectivity index (χ2v) is 8.66. The van der Waals surface area contributed by atoms with Crippen LogP contribution in [-0.2, 0) is 4.79 Å². The molecule has 2 N–H and O–H groups in total. The summed E-state index contributed by atoms with van der Waals surface area (Å²) in [5.41, 5.74) is 2.21. The molecule has 0 saturated heterocycles. The minimum atomic E-state index is 0.0822. The Labute approximate surface area is 157 Å². The Kier molecular flexibility index (Phi) is 6.69. The molecule has 5 nitrogen and oxygen atoms in total. The number of anilines is 2. The molecule has 0 atom stereocenters. The van der Waals surface area contributed by atoms with Gasteiger partial charge in [0.25, 0.3) is 0 Å². The van der Waals surface area contributed by atoms with E-state index in [9.17, 15) is 4.79 Å². The summed E-state index contributed by atoms with van der Waals surface area (Å²) in [5, 5.41) is 15.3. The van der Waals surface area contributed by atoms with E-state index < -0.39 is 0 Å². The number of rotatable bonds is 7. The van der Waals surface area contributed by atoms with Crippen molar-refractivity contribution in [2.24, 2.45) is 5.92 Å². The molecule has 1 heterocycles. The van der Waals surface area contributed by atoms with Crippen LogP contribution < -0.4 is 10.6 Å². The molecular formula is C18H24N4OS2. The quantitative estimate of drug-likeness (QED) is 0.702. The van der Waals surface area contributed by atoms with E-state index in [1.807, 2.05) is 12.1 Å². The first kappa shape index (κ1) is 18.2. The molecule has 3 rings (SSSR count). The van der Waals surface area contributed by atoms with Gasteiger partial charge in [0.15, 0.2) is 4.34 Å². The largest absolute Gasteiger partial charge is 0.355 e. The van der Waals surface area contributed by atoms with Gasteiger partial charge in [-0.05, 0) is 37.8 Å².